The summed E-state index contributed by atoms with van der Waals surface area (Å²) in [5.74, 6) is 1.18. The maximum atomic E-state index is 9.55. The third-order valence-corrected chi connectivity index (χ3v) is 4.78. The van der Waals surface area contributed by atoms with Gasteiger partial charge in [-0.15, -0.1) is 0 Å². The Hall–Kier alpha value is -3.00. The fourth-order valence-electron chi connectivity index (χ4n) is 3.47. The van der Waals surface area contributed by atoms with Crippen LogP contribution in [0.5, 0.6) is 11.5 Å². The molecule has 1 aliphatic carbocycles. The van der Waals surface area contributed by atoms with Gasteiger partial charge in [0.05, 0.1) is 7.11 Å². The topological polar surface area (TPSA) is 29.5 Å². The molecule has 4 rings (SSSR count). The minimum absolute atomic E-state index is 0.286. The molecule has 0 fully saturated rings. The number of rotatable bonds is 2. The maximum absolute atomic E-state index is 9.55. The number of aryl methyl sites for hydroxylation is 2. The Balaban J connectivity index is 1.93. The van der Waals surface area contributed by atoms with E-state index in [1.807, 2.05) is 18.2 Å². The molecule has 0 saturated heterocycles. The summed E-state index contributed by atoms with van der Waals surface area (Å²) in [6.07, 6.45) is 4.22. The Kier molecular flexibility index (Phi) is 4.02. The number of phenolic OH excluding ortho intramolecular Hbond substituents is 1. The number of aromatic hydroxyl groups is 1. The Labute approximate surface area is 148 Å². The number of phenols is 1. The number of hydrogen-bond acceptors (Lipinski definition) is 2. The molecule has 2 heteroatoms. The highest BCUT2D eigenvalue weighted by Gasteiger charge is 2.18. The highest BCUT2D eigenvalue weighted by atomic mass is 16.5. The fourth-order valence-corrected chi connectivity index (χ4v) is 3.47. The van der Waals surface area contributed by atoms with E-state index in [-0.39, 0.29) is 5.75 Å². The van der Waals surface area contributed by atoms with Gasteiger partial charge in [-0.2, -0.15) is 0 Å². The van der Waals surface area contributed by atoms with E-state index in [0.717, 1.165) is 24.2 Å². The molecule has 2 nitrogen and oxygen atoms in total. The van der Waals surface area contributed by atoms with Crippen LogP contribution in [0.4, 0.5) is 0 Å². The van der Waals surface area contributed by atoms with Crippen molar-refractivity contribution < 1.29 is 9.84 Å². The lowest BCUT2D eigenvalue weighted by Gasteiger charge is -2.13. The molecule has 0 radical (unpaired) electrons. The number of methoxy groups -OCH3 is 1. The largest absolute Gasteiger partial charge is 0.508 e. The van der Waals surface area contributed by atoms with E-state index in [4.69, 9.17) is 4.74 Å². The van der Waals surface area contributed by atoms with Gasteiger partial charge in [-0.3, -0.25) is 0 Å². The zero-order valence-electron chi connectivity index (χ0n) is 14.2. The van der Waals surface area contributed by atoms with Crippen molar-refractivity contribution in [2.24, 2.45) is 0 Å². The lowest BCUT2D eigenvalue weighted by molar-refractivity contribution is 0.414. The van der Waals surface area contributed by atoms with E-state index in [1.165, 1.54) is 27.8 Å². The van der Waals surface area contributed by atoms with E-state index in [9.17, 15) is 5.11 Å². The predicted octanol–water partition coefficient (Wildman–Crippen LogP) is 5.09. The van der Waals surface area contributed by atoms with Crippen molar-refractivity contribution in [2.45, 2.75) is 12.8 Å². The molecular weight excluding hydrogens is 308 g/mol. The molecule has 3 aromatic carbocycles. The predicted molar refractivity (Wildman–Crippen MR) is 102 cm³/mol. The van der Waals surface area contributed by atoms with Gasteiger partial charge in [0.1, 0.15) is 11.5 Å². The van der Waals surface area contributed by atoms with E-state index in [0.29, 0.717) is 0 Å². The minimum atomic E-state index is 0.286. The molecule has 1 aliphatic rings. The molecular formula is C23H20O2. The molecule has 124 valence electrons. The summed E-state index contributed by atoms with van der Waals surface area (Å²) < 4.78 is 5.42. The van der Waals surface area contributed by atoms with Gasteiger partial charge in [0.25, 0.3) is 0 Å². The monoisotopic (exact) mass is 328 g/mol. The number of fused-ring (bicyclic) bond motifs is 2. The first-order valence-corrected chi connectivity index (χ1v) is 8.51. The van der Waals surface area contributed by atoms with Crippen LogP contribution in [0.1, 0.15) is 27.8 Å². The zero-order valence-corrected chi connectivity index (χ0v) is 14.2. The van der Waals surface area contributed by atoms with Crippen LogP contribution in [-0.4, -0.2) is 12.2 Å². The Bertz CT molecular complexity index is 937. The summed E-state index contributed by atoms with van der Waals surface area (Å²) >= 11 is 0. The lowest BCUT2D eigenvalue weighted by atomic mass is 9.92. The van der Waals surface area contributed by atoms with Crippen LogP contribution in [0, 0.1) is 0 Å². The van der Waals surface area contributed by atoms with E-state index in [2.05, 4.69) is 42.5 Å². The van der Waals surface area contributed by atoms with Gasteiger partial charge in [-0.25, -0.2) is 0 Å². The van der Waals surface area contributed by atoms with Crippen LogP contribution in [-0.2, 0) is 12.8 Å². The maximum Gasteiger partial charge on any atom is 0.119 e. The first-order valence-electron chi connectivity index (χ1n) is 8.51. The van der Waals surface area contributed by atoms with Crippen molar-refractivity contribution >= 4 is 11.6 Å². The number of hydrogen-bond donors (Lipinski definition) is 1. The second kappa shape index (κ2) is 6.48. The second-order valence-electron chi connectivity index (χ2n) is 6.33. The normalized spacial score (nSPS) is 14.5. The standard InChI is InChI=1S/C23H20O2/c1-25-20-12-13-22-18(15-20)9-8-17-4-2-3-5-21(17)23(22)14-16-6-10-19(24)11-7-16/h2-7,10-15,24H,8-9H2,1H3/b23-14+. The van der Waals surface area contributed by atoms with Gasteiger partial charge in [-0.05, 0) is 76.6 Å². The van der Waals surface area contributed by atoms with Crippen LogP contribution >= 0.6 is 0 Å². The second-order valence-corrected chi connectivity index (χ2v) is 6.33. The lowest BCUT2D eigenvalue weighted by Crippen LogP contribution is -1.94. The summed E-state index contributed by atoms with van der Waals surface area (Å²) in [6, 6.07) is 22.3. The number of ether oxygens (including phenoxy) is 1. The van der Waals surface area contributed by atoms with Crippen molar-refractivity contribution in [1.29, 1.82) is 0 Å². The first-order chi connectivity index (χ1) is 12.2. The zero-order chi connectivity index (χ0) is 17.2. The van der Waals surface area contributed by atoms with Gasteiger partial charge in [-0.1, -0.05) is 42.5 Å². The van der Waals surface area contributed by atoms with Crippen molar-refractivity contribution in [3.05, 3.63) is 94.5 Å². The molecule has 0 atom stereocenters. The molecule has 0 bridgehead atoms. The summed E-state index contributed by atoms with van der Waals surface area (Å²) in [6.45, 7) is 0. The van der Waals surface area contributed by atoms with Gasteiger partial charge >= 0.3 is 0 Å². The van der Waals surface area contributed by atoms with Crippen molar-refractivity contribution in [3.63, 3.8) is 0 Å². The summed E-state index contributed by atoms with van der Waals surface area (Å²) in [5.41, 5.74) is 7.49. The Morgan fingerprint density at radius 1 is 0.840 bits per heavy atom. The molecule has 3 aromatic rings. The van der Waals surface area contributed by atoms with Crippen LogP contribution in [0.3, 0.4) is 0 Å². The molecule has 0 aromatic heterocycles. The molecule has 0 unspecified atom stereocenters. The van der Waals surface area contributed by atoms with E-state index >= 15 is 0 Å². The fraction of sp³-hybridized carbons (Fsp3) is 0.130. The summed E-state index contributed by atoms with van der Waals surface area (Å²) in [4.78, 5) is 0. The van der Waals surface area contributed by atoms with Gasteiger partial charge < -0.3 is 9.84 Å². The van der Waals surface area contributed by atoms with E-state index < -0.39 is 0 Å². The van der Waals surface area contributed by atoms with Crippen molar-refractivity contribution in [1.82, 2.24) is 0 Å². The average molecular weight is 328 g/mol. The molecule has 1 N–H and O–H groups in total. The van der Waals surface area contributed by atoms with Crippen molar-refractivity contribution in [3.8, 4) is 11.5 Å². The van der Waals surface area contributed by atoms with Crippen molar-refractivity contribution in [2.75, 3.05) is 7.11 Å². The summed E-state index contributed by atoms with van der Waals surface area (Å²) in [5, 5.41) is 9.55. The van der Waals surface area contributed by atoms with Gasteiger partial charge in [0.15, 0.2) is 0 Å². The number of benzene rings is 3. The molecule has 0 amide bonds. The van der Waals surface area contributed by atoms with Crippen LogP contribution in [0.15, 0.2) is 66.7 Å². The summed E-state index contributed by atoms with van der Waals surface area (Å²) in [7, 11) is 1.71. The average Bonchev–Trinajstić information content (AvgIpc) is 2.80. The van der Waals surface area contributed by atoms with Crippen LogP contribution in [0.2, 0.25) is 0 Å². The Morgan fingerprint density at radius 2 is 1.56 bits per heavy atom. The van der Waals surface area contributed by atoms with Gasteiger partial charge in [0, 0.05) is 0 Å². The van der Waals surface area contributed by atoms with Crippen LogP contribution in [0.25, 0.3) is 11.6 Å². The van der Waals surface area contributed by atoms with Gasteiger partial charge in [0.2, 0.25) is 0 Å². The third-order valence-electron chi connectivity index (χ3n) is 4.78. The first kappa shape index (κ1) is 15.5. The van der Waals surface area contributed by atoms with E-state index in [1.54, 1.807) is 19.2 Å². The molecule has 0 spiro atoms. The molecule has 0 heterocycles. The minimum Gasteiger partial charge on any atom is -0.508 e. The molecule has 0 aliphatic heterocycles. The molecule has 0 saturated carbocycles. The highest BCUT2D eigenvalue weighted by molar-refractivity contribution is 5.94. The quantitative estimate of drug-likeness (QED) is 0.710. The Morgan fingerprint density at radius 3 is 2.36 bits per heavy atom. The third kappa shape index (κ3) is 3.03. The smallest absolute Gasteiger partial charge is 0.119 e. The highest BCUT2D eigenvalue weighted by Crippen LogP contribution is 2.36. The van der Waals surface area contributed by atoms with Crippen LogP contribution < -0.4 is 4.74 Å². The molecule has 25 heavy (non-hydrogen) atoms. The SMILES string of the molecule is COc1ccc2c(c1)CCc1ccccc1/C2=C\c1ccc(O)cc1.